The molecule has 24 heavy (non-hydrogen) atoms. The Labute approximate surface area is 139 Å². The third-order valence-corrected chi connectivity index (χ3v) is 3.51. The van der Waals surface area contributed by atoms with Crippen molar-refractivity contribution in [3.05, 3.63) is 59.8 Å². The average molecular weight is 325 g/mol. The van der Waals surface area contributed by atoms with Gasteiger partial charge in [-0.25, -0.2) is 4.79 Å². The minimum absolute atomic E-state index is 0.0271. The highest BCUT2D eigenvalue weighted by Crippen LogP contribution is 2.33. The van der Waals surface area contributed by atoms with Crippen LogP contribution in [-0.4, -0.2) is 22.2 Å². The number of nitrogens with one attached hydrogen (secondary N) is 1. The van der Waals surface area contributed by atoms with E-state index in [1.165, 1.54) is 0 Å². The molecular formula is C19H19NO4. The third kappa shape index (κ3) is 3.51. The van der Waals surface area contributed by atoms with Crippen molar-refractivity contribution in [1.82, 2.24) is 4.98 Å². The molecule has 0 amide bonds. The van der Waals surface area contributed by atoms with Crippen molar-refractivity contribution >= 4 is 16.9 Å². The lowest BCUT2D eigenvalue weighted by Gasteiger charge is -2.13. The van der Waals surface area contributed by atoms with Gasteiger partial charge in [-0.2, -0.15) is 0 Å². The molecule has 0 fully saturated rings. The summed E-state index contributed by atoms with van der Waals surface area (Å²) in [4.78, 5) is 14.1. The molecule has 5 nitrogen and oxygen atoms in total. The van der Waals surface area contributed by atoms with E-state index in [1.807, 2.05) is 44.2 Å². The zero-order valence-electron chi connectivity index (χ0n) is 13.6. The number of carboxylic acid groups (broad SMARTS) is 1. The molecule has 0 radical (unpaired) electrons. The topological polar surface area (TPSA) is 71.5 Å². The minimum Gasteiger partial charge on any atom is -0.490 e. The smallest absolute Gasteiger partial charge is 0.352 e. The van der Waals surface area contributed by atoms with Gasteiger partial charge in [-0.1, -0.05) is 30.3 Å². The van der Waals surface area contributed by atoms with Gasteiger partial charge >= 0.3 is 5.97 Å². The maximum absolute atomic E-state index is 11.2. The molecule has 0 saturated carbocycles. The molecule has 0 saturated heterocycles. The van der Waals surface area contributed by atoms with E-state index in [1.54, 1.807) is 18.2 Å². The summed E-state index contributed by atoms with van der Waals surface area (Å²) in [5.74, 6) is 0.226. The number of rotatable bonds is 6. The summed E-state index contributed by atoms with van der Waals surface area (Å²) in [5, 5.41) is 9.91. The number of hydrogen-bond acceptors (Lipinski definition) is 3. The van der Waals surface area contributed by atoms with Crippen molar-refractivity contribution in [3.8, 4) is 11.5 Å². The lowest BCUT2D eigenvalue weighted by molar-refractivity contribution is 0.0691. The van der Waals surface area contributed by atoms with E-state index in [9.17, 15) is 9.90 Å². The Kier molecular flexibility index (Phi) is 4.42. The van der Waals surface area contributed by atoms with Crippen LogP contribution in [0, 0.1) is 0 Å². The molecule has 0 aliphatic carbocycles. The number of H-pyrrole nitrogens is 1. The van der Waals surface area contributed by atoms with Crippen molar-refractivity contribution in [1.29, 1.82) is 0 Å². The first-order valence-corrected chi connectivity index (χ1v) is 7.76. The number of benzene rings is 2. The number of aromatic nitrogens is 1. The molecule has 0 atom stereocenters. The van der Waals surface area contributed by atoms with Gasteiger partial charge in [-0.15, -0.1) is 0 Å². The maximum atomic E-state index is 11.2. The van der Waals surface area contributed by atoms with Crippen LogP contribution in [-0.2, 0) is 6.61 Å². The van der Waals surface area contributed by atoms with Gasteiger partial charge in [0, 0.05) is 17.5 Å². The van der Waals surface area contributed by atoms with Crippen molar-refractivity contribution in [3.63, 3.8) is 0 Å². The maximum Gasteiger partial charge on any atom is 0.352 e. The molecule has 1 heterocycles. The Morgan fingerprint density at radius 1 is 1.17 bits per heavy atom. The summed E-state index contributed by atoms with van der Waals surface area (Å²) < 4.78 is 11.7. The number of ether oxygens (including phenoxy) is 2. The van der Waals surface area contributed by atoms with Gasteiger partial charge in [0.05, 0.1) is 11.6 Å². The van der Waals surface area contributed by atoms with Crippen LogP contribution in [0.25, 0.3) is 10.9 Å². The van der Waals surface area contributed by atoms with Crippen LogP contribution in [0.15, 0.2) is 48.5 Å². The van der Waals surface area contributed by atoms with Crippen molar-refractivity contribution in [2.45, 2.75) is 26.6 Å². The van der Waals surface area contributed by atoms with E-state index < -0.39 is 5.97 Å². The molecule has 0 aliphatic rings. The SMILES string of the molecule is CC(C)Oc1cc(OCc2ccccc2)cc2[nH]c(C(=O)O)cc12. The largest absolute Gasteiger partial charge is 0.490 e. The Morgan fingerprint density at radius 2 is 1.92 bits per heavy atom. The molecule has 124 valence electrons. The van der Waals surface area contributed by atoms with Gasteiger partial charge in [0.15, 0.2) is 0 Å². The van der Waals surface area contributed by atoms with E-state index >= 15 is 0 Å². The van der Waals surface area contributed by atoms with E-state index in [4.69, 9.17) is 9.47 Å². The van der Waals surface area contributed by atoms with E-state index in [0.717, 1.165) is 10.9 Å². The summed E-state index contributed by atoms with van der Waals surface area (Å²) in [6.07, 6.45) is -0.0271. The summed E-state index contributed by atoms with van der Waals surface area (Å²) in [6.45, 7) is 4.28. The predicted octanol–water partition coefficient (Wildman–Crippen LogP) is 4.23. The molecule has 3 rings (SSSR count). The molecule has 0 unspecified atom stereocenters. The molecular weight excluding hydrogens is 306 g/mol. The first kappa shape index (κ1) is 15.9. The summed E-state index contributed by atoms with van der Waals surface area (Å²) >= 11 is 0. The number of carboxylic acids is 1. The second-order valence-electron chi connectivity index (χ2n) is 5.81. The van der Waals surface area contributed by atoms with Crippen molar-refractivity contribution < 1.29 is 19.4 Å². The first-order chi connectivity index (χ1) is 11.5. The number of aromatic amines is 1. The Bertz CT molecular complexity index is 852. The second kappa shape index (κ2) is 6.66. The Morgan fingerprint density at radius 3 is 2.58 bits per heavy atom. The molecule has 5 heteroatoms. The molecule has 0 bridgehead atoms. The van der Waals surface area contributed by atoms with Gasteiger partial charge in [0.2, 0.25) is 0 Å². The zero-order chi connectivity index (χ0) is 17.1. The summed E-state index contributed by atoms with van der Waals surface area (Å²) in [5.41, 5.74) is 1.86. The molecule has 0 aliphatic heterocycles. The van der Waals surface area contributed by atoms with Gasteiger partial charge in [-0.3, -0.25) is 0 Å². The molecule has 3 aromatic rings. The van der Waals surface area contributed by atoms with Crippen LogP contribution in [0.4, 0.5) is 0 Å². The van der Waals surface area contributed by atoms with Crippen molar-refractivity contribution in [2.24, 2.45) is 0 Å². The van der Waals surface area contributed by atoms with E-state index in [0.29, 0.717) is 23.6 Å². The number of carbonyl (C=O) groups is 1. The summed E-state index contributed by atoms with van der Waals surface area (Å²) in [7, 11) is 0. The van der Waals surface area contributed by atoms with Crippen LogP contribution < -0.4 is 9.47 Å². The molecule has 0 spiro atoms. The molecule has 2 aromatic carbocycles. The van der Waals surface area contributed by atoms with E-state index in [2.05, 4.69) is 4.98 Å². The van der Waals surface area contributed by atoms with Gasteiger partial charge < -0.3 is 19.6 Å². The van der Waals surface area contributed by atoms with Crippen molar-refractivity contribution in [2.75, 3.05) is 0 Å². The van der Waals surface area contributed by atoms with Crippen LogP contribution in [0.1, 0.15) is 29.9 Å². The van der Waals surface area contributed by atoms with E-state index in [-0.39, 0.29) is 11.8 Å². The van der Waals surface area contributed by atoms with Crippen LogP contribution >= 0.6 is 0 Å². The Balaban J connectivity index is 1.94. The average Bonchev–Trinajstić information content (AvgIpc) is 2.98. The van der Waals surface area contributed by atoms with Crippen LogP contribution in [0.5, 0.6) is 11.5 Å². The fourth-order valence-corrected chi connectivity index (χ4v) is 2.47. The normalized spacial score (nSPS) is 11.0. The number of hydrogen-bond donors (Lipinski definition) is 2. The molecule has 2 N–H and O–H groups in total. The monoisotopic (exact) mass is 325 g/mol. The summed E-state index contributed by atoms with van der Waals surface area (Å²) in [6, 6.07) is 15.0. The second-order valence-corrected chi connectivity index (χ2v) is 5.81. The van der Waals surface area contributed by atoms with Gasteiger partial charge in [0.1, 0.15) is 23.8 Å². The first-order valence-electron chi connectivity index (χ1n) is 7.76. The van der Waals surface area contributed by atoms with Crippen LogP contribution in [0.3, 0.4) is 0 Å². The lowest BCUT2D eigenvalue weighted by Crippen LogP contribution is -2.06. The number of fused-ring (bicyclic) bond motifs is 1. The highest BCUT2D eigenvalue weighted by molar-refractivity contribution is 5.96. The van der Waals surface area contributed by atoms with Gasteiger partial charge in [-0.05, 0) is 25.5 Å². The minimum atomic E-state index is -1.01. The standard InChI is InChI=1S/C19H19NO4/c1-12(2)24-18-9-14(23-11-13-6-4-3-5-7-13)8-16-15(18)10-17(20-16)19(21)22/h3-10,12,20H,11H2,1-2H3,(H,21,22). The highest BCUT2D eigenvalue weighted by atomic mass is 16.5. The number of aromatic carboxylic acids is 1. The van der Waals surface area contributed by atoms with Crippen LogP contribution in [0.2, 0.25) is 0 Å². The zero-order valence-corrected chi connectivity index (χ0v) is 13.6. The quantitative estimate of drug-likeness (QED) is 0.711. The lowest BCUT2D eigenvalue weighted by atomic mass is 10.2. The fraction of sp³-hybridized carbons (Fsp3) is 0.211. The fourth-order valence-electron chi connectivity index (χ4n) is 2.47. The van der Waals surface area contributed by atoms with Gasteiger partial charge in [0.25, 0.3) is 0 Å². The highest BCUT2D eigenvalue weighted by Gasteiger charge is 2.14. The Hall–Kier alpha value is -2.95. The molecule has 1 aromatic heterocycles. The predicted molar refractivity (Wildman–Crippen MR) is 91.8 cm³/mol. The third-order valence-electron chi connectivity index (χ3n) is 3.51.